The summed E-state index contributed by atoms with van der Waals surface area (Å²) in [5.74, 6) is -0.959. The first-order chi connectivity index (χ1) is 14.7. The van der Waals surface area contributed by atoms with Gasteiger partial charge in [-0.2, -0.15) is 0 Å². The smallest absolute Gasteiger partial charge is 0.339 e. The number of hydrogen-bond acceptors (Lipinski definition) is 7. The number of anilines is 1. The molecule has 158 valence electrons. The van der Waals surface area contributed by atoms with Gasteiger partial charge in [0.05, 0.1) is 16.2 Å². The number of nitro groups is 1. The largest absolute Gasteiger partial charge is 0.445 e. The van der Waals surface area contributed by atoms with Crippen molar-refractivity contribution in [2.45, 2.75) is 32.3 Å². The topological polar surface area (TPSA) is 111 Å². The number of hydrogen-bond donors (Lipinski definition) is 1. The summed E-state index contributed by atoms with van der Waals surface area (Å²) < 4.78 is 5.47. The lowest BCUT2D eigenvalue weighted by Crippen LogP contribution is -2.48. The molecule has 1 unspecified atom stereocenters. The maximum Gasteiger partial charge on any atom is 0.339 e. The molecule has 2 aromatic carbocycles. The molecule has 3 aromatic rings. The van der Waals surface area contributed by atoms with E-state index in [1.54, 1.807) is 31.2 Å². The van der Waals surface area contributed by atoms with Crippen LogP contribution in [0, 0.1) is 17.0 Å². The van der Waals surface area contributed by atoms with Crippen molar-refractivity contribution in [3.8, 4) is 0 Å². The second-order valence-corrected chi connectivity index (χ2v) is 8.62. The van der Waals surface area contributed by atoms with Crippen LogP contribution >= 0.6 is 11.3 Å². The predicted octanol–water partition coefficient (Wildman–Crippen LogP) is 4.06. The highest BCUT2D eigenvalue weighted by Crippen LogP contribution is 2.31. The molecule has 0 saturated heterocycles. The normalized spacial score (nSPS) is 17.5. The Hall–Kier alpha value is -3.59. The van der Waals surface area contributed by atoms with Gasteiger partial charge in [0.1, 0.15) is 0 Å². The highest BCUT2D eigenvalue weighted by atomic mass is 32.1. The third-order valence-electron chi connectivity index (χ3n) is 5.19. The SMILES string of the molecule is Cc1nc(NC(=O)C2(C)Cc3ccccc3C(=O)O2)sc1Cc1ccc([N+](=O)[O-])cc1. The van der Waals surface area contributed by atoms with E-state index in [4.69, 9.17) is 4.74 Å². The quantitative estimate of drug-likeness (QED) is 0.366. The van der Waals surface area contributed by atoms with Crippen LogP contribution in [0.3, 0.4) is 0 Å². The fraction of sp³-hybridized carbons (Fsp3) is 0.227. The molecule has 1 atom stereocenters. The number of esters is 1. The molecule has 1 aromatic heterocycles. The maximum absolute atomic E-state index is 12.9. The van der Waals surface area contributed by atoms with Gasteiger partial charge < -0.3 is 4.74 Å². The number of carbonyl (C=O) groups excluding carboxylic acids is 2. The second-order valence-electron chi connectivity index (χ2n) is 7.54. The number of aromatic nitrogens is 1. The molecule has 8 nitrogen and oxygen atoms in total. The number of fused-ring (bicyclic) bond motifs is 1. The van der Waals surface area contributed by atoms with Crippen LogP contribution in [0.2, 0.25) is 0 Å². The van der Waals surface area contributed by atoms with Gasteiger partial charge in [-0.15, -0.1) is 11.3 Å². The summed E-state index contributed by atoms with van der Waals surface area (Å²) in [7, 11) is 0. The van der Waals surface area contributed by atoms with E-state index in [1.807, 2.05) is 19.1 Å². The zero-order valence-corrected chi connectivity index (χ0v) is 17.7. The minimum absolute atomic E-state index is 0.0366. The lowest BCUT2D eigenvalue weighted by Gasteiger charge is -2.32. The van der Waals surface area contributed by atoms with Gasteiger partial charge in [-0.25, -0.2) is 9.78 Å². The maximum atomic E-state index is 12.9. The van der Waals surface area contributed by atoms with Gasteiger partial charge in [-0.3, -0.25) is 20.2 Å². The van der Waals surface area contributed by atoms with E-state index in [1.165, 1.54) is 23.5 Å². The van der Waals surface area contributed by atoms with Crippen molar-refractivity contribution >= 4 is 34.0 Å². The molecular weight excluding hydrogens is 418 g/mol. The van der Waals surface area contributed by atoms with Gasteiger partial charge in [0.2, 0.25) is 0 Å². The molecule has 0 bridgehead atoms. The van der Waals surface area contributed by atoms with E-state index >= 15 is 0 Å². The molecule has 1 aliphatic rings. The summed E-state index contributed by atoms with van der Waals surface area (Å²) in [6.45, 7) is 3.43. The molecule has 4 rings (SSSR count). The summed E-state index contributed by atoms with van der Waals surface area (Å²) >= 11 is 1.32. The number of rotatable bonds is 5. The van der Waals surface area contributed by atoms with E-state index in [2.05, 4.69) is 10.3 Å². The van der Waals surface area contributed by atoms with E-state index in [9.17, 15) is 19.7 Å². The molecule has 1 amide bonds. The number of ether oxygens (including phenoxy) is 1. The fourth-order valence-corrected chi connectivity index (χ4v) is 4.45. The first-order valence-electron chi connectivity index (χ1n) is 9.57. The number of non-ortho nitro benzene ring substituents is 1. The number of carbonyl (C=O) groups is 2. The van der Waals surface area contributed by atoms with E-state index in [0.717, 1.165) is 21.7 Å². The van der Waals surface area contributed by atoms with Crippen LogP contribution in [-0.4, -0.2) is 27.4 Å². The molecule has 0 radical (unpaired) electrons. The van der Waals surface area contributed by atoms with Gasteiger partial charge in [0.25, 0.3) is 11.6 Å². The summed E-state index contributed by atoms with van der Waals surface area (Å²) in [5.41, 5.74) is 1.61. The average molecular weight is 437 g/mol. The molecule has 1 N–H and O–H groups in total. The second kappa shape index (κ2) is 7.92. The van der Waals surface area contributed by atoms with Gasteiger partial charge >= 0.3 is 5.97 Å². The monoisotopic (exact) mass is 437 g/mol. The van der Waals surface area contributed by atoms with Crippen LogP contribution in [0.5, 0.6) is 0 Å². The van der Waals surface area contributed by atoms with Gasteiger partial charge in [0.15, 0.2) is 10.7 Å². The number of aryl methyl sites for hydroxylation is 1. The lowest BCUT2D eigenvalue weighted by molar-refractivity contribution is -0.384. The Bertz CT molecular complexity index is 1190. The van der Waals surface area contributed by atoms with E-state index < -0.39 is 22.4 Å². The molecule has 1 aliphatic heterocycles. The van der Waals surface area contributed by atoms with Crippen LogP contribution in [0.25, 0.3) is 0 Å². The number of benzene rings is 2. The predicted molar refractivity (Wildman–Crippen MR) is 115 cm³/mol. The molecule has 0 aliphatic carbocycles. The highest BCUT2D eigenvalue weighted by Gasteiger charge is 2.43. The number of cyclic esters (lactones) is 1. The molecule has 0 spiro atoms. The lowest BCUT2D eigenvalue weighted by atomic mass is 9.89. The Morgan fingerprint density at radius 2 is 1.97 bits per heavy atom. The number of amides is 1. The Kier molecular flexibility index (Phi) is 5.28. The average Bonchev–Trinajstić information content (AvgIpc) is 3.07. The van der Waals surface area contributed by atoms with Crippen LogP contribution in [-0.2, 0) is 22.4 Å². The minimum Gasteiger partial charge on any atom is -0.445 e. The summed E-state index contributed by atoms with van der Waals surface area (Å²) in [4.78, 5) is 41.0. The van der Waals surface area contributed by atoms with Gasteiger partial charge in [0, 0.05) is 29.9 Å². The number of nitrogens with one attached hydrogen (secondary N) is 1. The minimum atomic E-state index is -1.33. The summed E-state index contributed by atoms with van der Waals surface area (Å²) in [6.07, 6.45) is 0.817. The summed E-state index contributed by atoms with van der Waals surface area (Å²) in [6, 6.07) is 13.4. The van der Waals surface area contributed by atoms with Crippen LogP contribution in [0.4, 0.5) is 10.8 Å². The van der Waals surface area contributed by atoms with Gasteiger partial charge in [-0.1, -0.05) is 30.3 Å². The van der Waals surface area contributed by atoms with Crippen molar-refractivity contribution in [2.24, 2.45) is 0 Å². The van der Waals surface area contributed by atoms with Crippen LogP contribution in [0.1, 0.15) is 39.0 Å². The van der Waals surface area contributed by atoms with E-state index in [-0.39, 0.29) is 12.1 Å². The van der Waals surface area contributed by atoms with Crippen molar-refractivity contribution < 1.29 is 19.2 Å². The number of nitro benzene ring substituents is 1. The molecular formula is C22H19N3O5S. The molecule has 31 heavy (non-hydrogen) atoms. The van der Waals surface area contributed by atoms with E-state index in [0.29, 0.717) is 17.1 Å². The molecule has 0 fully saturated rings. The standard InChI is InChI=1S/C22H19N3O5S/c1-13-18(11-14-7-9-16(10-8-14)25(28)29)31-21(23-13)24-20(27)22(2)12-15-5-3-4-6-17(15)19(26)30-22/h3-10H,11-12H2,1-2H3,(H,23,24,27). The third-order valence-corrected chi connectivity index (χ3v) is 6.26. The molecule has 2 heterocycles. The van der Waals surface area contributed by atoms with Gasteiger partial charge in [-0.05, 0) is 31.0 Å². The fourth-order valence-electron chi connectivity index (χ4n) is 3.46. The number of thiazole rings is 1. The Labute approximate surface area is 182 Å². The third kappa shape index (κ3) is 4.17. The Morgan fingerprint density at radius 1 is 1.26 bits per heavy atom. The Morgan fingerprint density at radius 3 is 2.68 bits per heavy atom. The Balaban J connectivity index is 1.48. The van der Waals surface area contributed by atoms with Crippen LogP contribution < -0.4 is 5.32 Å². The summed E-state index contributed by atoms with van der Waals surface area (Å²) in [5, 5.41) is 14.0. The number of nitrogens with zero attached hydrogens (tertiary/aromatic N) is 2. The van der Waals surface area contributed by atoms with Crippen molar-refractivity contribution in [1.29, 1.82) is 0 Å². The van der Waals surface area contributed by atoms with Crippen LogP contribution in [0.15, 0.2) is 48.5 Å². The highest BCUT2D eigenvalue weighted by molar-refractivity contribution is 7.15. The molecule has 9 heteroatoms. The zero-order chi connectivity index (χ0) is 22.2. The van der Waals surface area contributed by atoms with Crippen molar-refractivity contribution in [3.63, 3.8) is 0 Å². The van der Waals surface area contributed by atoms with Crippen molar-refractivity contribution in [3.05, 3.63) is 85.9 Å². The first-order valence-corrected chi connectivity index (χ1v) is 10.4. The van der Waals surface area contributed by atoms with Crippen molar-refractivity contribution in [2.75, 3.05) is 5.32 Å². The molecule has 0 saturated carbocycles. The first kappa shape index (κ1) is 20.7. The zero-order valence-electron chi connectivity index (χ0n) is 16.9. The van der Waals surface area contributed by atoms with Crippen molar-refractivity contribution in [1.82, 2.24) is 4.98 Å².